The first-order valence-corrected chi connectivity index (χ1v) is 3.16. The smallest absolute Gasteiger partial charge is 0.113 e. The molecule has 0 aliphatic carbocycles. The van der Waals surface area contributed by atoms with Crippen LogP contribution in [-0.4, -0.2) is 18.8 Å². The second-order valence-corrected chi connectivity index (χ2v) is 2.48. The Bertz CT molecular complexity index is 56.9. The number of halogens is 1. The predicted molar refractivity (Wildman–Crippen MR) is 31.6 cm³/mol. The normalized spacial score (nSPS) is 39.8. The van der Waals surface area contributed by atoms with Crippen LogP contribution in [0, 0.1) is 0 Å². The third-order valence-corrected chi connectivity index (χ3v) is 1.60. The maximum absolute atomic E-state index is 12.3. The van der Waals surface area contributed by atoms with E-state index in [9.17, 15) is 4.39 Å². The van der Waals surface area contributed by atoms with Gasteiger partial charge in [-0.05, 0) is 19.8 Å². The van der Waals surface area contributed by atoms with Crippen molar-refractivity contribution in [3.05, 3.63) is 0 Å². The third-order valence-electron chi connectivity index (χ3n) is 1.60. The zero-order valence-electron chi connectivity index (χ0n) is 5.15. The molecule has 1 aliphatic heterocycles. The van der Waals surface area contributed by atoms with Crippen molar-refractivity contribution in [3.63, 3.8) is 0 Å². The molecule has 1 nitrogen and oxygen atoms in total. The Kier molecular flexibility index (Phi) is 1.84. The molecule has 1 saturated heterocycles. The summed E-state index contributed by atoms with van der Waals surface area (Å²) in [6, 6.07) is 0.530. The highest BCUT2D eigenvalue weighted by molar-refractivity contribution is 4.73. The first-order chi connectivity index (χ1) is 3.79. The van der Waals surface area contributed by atoms with Crippen LogP contribution in [0.2, 0.25) is 0 Å². The fourth-order valence-electron chi connectivity index (χ4n) is 0.964. The van der Waals surface area contributed by atoms with Gasteiger partial charge in [0.15, 0.2) is 0 Å². The van der Waals surface area contributed by atoms with E-state index >= 15 is 0 Å². The highest BCUT2D eigenvalue weighted by Gasteiger charge is 2.15. The van der Waals surface area contributed by atoms with E-state index in [0.29, 0.717) is 12.6 Å². The van der Waals surface area contributed by atoms with E-state index in [1.807, 2.05) is 0 Å². The second kappa shape index (κ2) is 2.44. The van der Waals surface area contributed by atoms with Gasteiger partial charge in [0.2, 0.25) is 0 Å². The number of rotatable bonds is 0. The lowest BCUT2D eigenvalue weighted by atomic mass is 10.1. The Morgan fingerprint density at radius 2 is 2.25 bits per heavy atom. The summed E-state index contributed by atoms with van der Waals surface area (Å²) < 4.78 is 12.3. The summed E-state index contributed by atoms with van der Waals surface area (Å²) in [7, 11) is 0. The Labute approximate surface area is 49.3 Å². The van der Waals surface area contributed by atoms with Crippen molar-refractivity contribution in [1.29, 1.82) is 0 Å². The van der Waals surface area contributed by atoms with Crippen molar-refractivity contribution in [2.24, 2.45) is 0 Å². The Balaban J connectivity index is 2.19. The maximum atomic E-state index is 12.3. The van der Waals surface area contributed by atoms with E-state index in [1.54, 1.807) is 0 Å². The quantitative estimate of drug-likeness (QED) is 0.501. The average Bonchev–Trinajstić information content (AvgIpc) is 1.77. The highest BCUT2D eigenvalue weighted by Crippen LogP contribution is 2.09. The van der Waals surface area contributed by atoms with Crippen LogP contribution >= 0.6 is 0 Å². The molecule has 2 unspecified atom stereocenters. The number of nitrogens with one attached hydrogen (secondary N) is 1. The summed E-state index contributed by atoms with van der Waals surface area (Å²) in [6.07, 6.45) is 1.14. The minimum absolute atomic E-state index is 0.530. The first-order valence-electron chi connectivity index (χ1n) is 3.16. The van der Waals surface area contributed by atoms with Crippen molar-refractivity contribution in [2.45, 2.75) is 32.0 Å². The minimum atomic E-state index is -0.591. The lowest BCUT2D eigenvalue weighted by molar-refractivity contribution is 0.239. The molecule has 0 aromatic heterocycles. The van der Waals surface area contributed by atoms with Gasteiger partial charge in [0, 0.05) is 12.6 Å². The Morgan fingerprint density at radius 1 is 1.50 bits per heavy atom. The van der Waals surface area contributed by atoms with Crippen molar-refractivity contribution in [1.82, 2.24) is 5.32 Å². The Morgan fingerprint density at radius 3 is 2.62 bits per heavy atom. The molecular formula is C6H12FN. The predicted octanol–water partition coefficient (Wildman–Crippen LogP) is 1.10. The third kappa shape index (κ3) is 1.44. The lowest BCUT2D eigenvalue weighted by Gasteiger charge is -2.21. The number of hydrogen-bond donors (Lipinski definition) is 1. The Hall–Kier alpha value is -0.110. The van der Waals surface area contributed by atoms with E-state index in [0.717, 1.165) is 12.8 Å². The molecule has 0 aromatic carbocycles. The van der Waals surface area contributed by atoms with Crippen LogP contribution in [0.4, 0.5) is 4.39 Å². The summed E-state index contributed by atoms with van der Waals surface area (Å²) in [5.74, 6) is 0. The van der Waals surface area contributed by atoms with E-state index in [4.69, 9.17) is 0 Å². The summed E-state index contributed by atoms with van der Waals surface area (Å²) >= 11 is 0. The lowest BCUT2D eigenvalue weighted by Crippen LogP contribution is -2.37. The molecule has 2 atom stereocenters. The molecule has 0 amide bonds. The van der Waals surface area contributed by atoms with Crippen LogP contribution in [-0.2, 0) is 0 Å². The summed E-state index contributed by atoms with van der Waals surface area (Å²) in [5.41, 5.74) is 0. The fourth-order valence-corrected chi connectivity index (χ4v) is 0.964. The topological polar surface area (TPSA) is 12.0 Å². The van der Waals surface area contributed by atoms with Gasteiger partial charge in [-0.25, -0.2) is 4.39 Å². The molecule has 0 bridgehead atoms. The van der Waals surface area contributed by atoms with E-state index in [2.05, 4.69) is 12.2 Å². The molecule has 0 radical (unpaired) electrons. The maximum Gasteiger partial charge on any atom is 0.113 e. The largest absolute Gasteiger partial charge is 0.311 e. The van der Waals surface area contributed by atoms with Gasteiger partial charge < -0.3 is 5.32 Å². The zero-order valence-corrected chi connectivity index (χ0v) is 5.15. The van der Waals surface area contributed by atoms with Crippen molar-refractivity contribution in [2.75, 3.05) is 6.54 Å². The molecule has 48 valence electrons. The van der Waals surface area contributed by atoms with Gasteiger partial charge in [-0.3, -0.25) is 0 Å². The van der Waals surface area contributed by atoms with Gasteiger partial charge in [-0.15, -0.1) is 0 Å². The van der Waals surface area contributed by atoms with Crippen LogP contribution in [0.5, 0.6) is 0 Å². The van der Waals surface area contributed by atoms with Gasteiger partial charge in [0.25, 0.3) is 0 Å². The molecule has 2 heteroatoms. The van der Waals surface area contributed by atoms with Crippen LogP contribution in [0.3, 0.4) is 0 Å². The van der Waals surface area contributed by atoms with Gasteiger partial charge in [0.1, 0.15) is 6.17 Å². The van der Waals surface area contributed by atoms with Gasteiger partial charge >= 0.3 is 0 Å². The molecule has 1 heterocycles. The molecular weight excluding hydrogens is 105 g/mol. The SMILES string of the molecule is CC1CCC(F)CN1. The van der Waals surface area contributed by atoms with Crippen LogP contribution < -0.4 is 5.32 Å². The molecule has 1 N–H and O–H groups in total. The molecule has 1 fully saturated rings. The molecule has 1 aliphatic rings. The van der Waals surface area contributed by atoms with E-state index in [1.165, 1.54) is 0 Å². The molecule has 0 saturated carbocycles. The molecule has 0 aromatic rings. The highest BCUT2D eigenvalue weighted by atomic mass is 19.1. The van der Waals surface area contributed by atoms with Crippen molar-refractivity contribution >= 4 is 0 Å². The number of piperidine rings is 1. The molecule has 1 rings (SSSR count). The average molecular weight is 117 g/mol. The zero-order chi connectivity index (χ0) is 5.98. The first kappa shape index (κ1) is 6.02. The number of alkyl halides is 1. The van der Waals surface area contributed by atoms with Gasteiger partial charge in [0.05, 0.1) is 0 Å². The van der Waals surface area contributed by atoms with E-state index < -0.39 is 6.17 Å². The summed E-state index contributed by atoms with van der Waals surface area (Å²) in [4.78, 5) is 0. The summed E-state index contributed by atoms with van der Waals surface area (Å²) in [5, 5.41) is 3.06. The molecule has 8 heavy (non-hydrogen) atoms. The van der Waals surface area contributed by atoms with Crippen LogP contribution in [0.25, 0.3) is 0 Å². The minimum Gasteiger partial charge on any atom is -0.311 e. The van der Waals surface area contributed by atoms with Crippen LogP contribution in [0.15, 0.2) is 0 Å². The van der Waals surface area contributed by atoms with Crippen molar-refractivity contribution < 1.29 is 4.39 Å². The fraction of sp³-hybridized carbons (Fsp3) is 1.00. The second-order valence-electron chi connectivity index (χ2n) is 2.48. The monoisotopic (exact) mass is 117 g/mol. The van der Waals surface area contributed by atoms with Gasteiger partial charge in [-0.2, -0.15) is 0 Å². The van der Waals surface area contributed by atoms with Crippen molar-refractivity contribution in [3.8, 4) is 0 Å². The molecule has 0 spiro atoms. The van der Waals surface area contributed by atoms with E-state index in [-0.39, 0.29) is 0 Å². The standard InChI is InChI=1S/C6H12FN/c1-5-2-3-6(7)4-8-5/h5-6,8H,2-4H2,1H3. The van der Waals surface area contributed by atoms with Gasteiger partial charge in [-0.1, -0.05) is 0 Å². The summed E-state index contributed by atoms with van der Waals surface area (Å²) in [6.45, 7) is 2.65. The number of hydrogen-bond acceptors (Lipinski definition) is 1. The van der Waals surface area contributed by atoms with Crippen LogP contribution in [0.1, 0.15) is 19.8 Å².